The molecular formula is C12H15NO4. The predicted octanol–water partition coefficient (Wildman–Crippen LogP) is 0.422. The number of benzene rings is 1. The summed E-state index contributed by atoms with van der Waals surface area (Å²) in [7, 11) is 0. The first-order valence-corrected chi connectivity index (χ1v) is 5.49. The van der Waals surface area contributed by atoms with Crippen molar-refractivity contribution in [1.29, 1.82) is 0 Å². The molecule has 0 spiro atoms. The maximum atomic E-state index is 10.7. The summed E-state index contributed by atoms with van der Waals surface area (Å²) in [5.41, 5.74) is 1.70. The average molecular weight is 237 g/mol. The van der Waals surface area contributed by atoms with E-state index in [-0.39, 0.29) is 6.42 Å². The van der Waals surface area contributed by atoms with Crippen molar-refractivity contribution in [3.63, 3.8) is 0 Å². The SMILES string of the molecule is O=C(O)Cc1ccccc1CN1C[C@H](O)CO1. The largest absolute Gasteiger partial charge is 0.481 e. The average Bonchev–Trinajstić information content (AvgIpc) is 2.66. The molecule has 17 heavy (non-hydrogen) atoms. The van der Waals surface area contributed by atoms with Gasteiger partial charge in [-0.3, -0.25) is 9.63 Å². The number of carbonyl (C=O) groups is 1. The fourth-order valence-electron chi connectivity index (χ4n) is 1.88. The van der Waals surface area contributed by atoms with Crippen molar-refractivity contribution in [1.82, 2.24) is 5.06 Å². The molecule has 1 aliphatic rings. The molecule has 5 heteroatoms. The molecule has 1 heterocycles. The molecule has 92 valence electrons. The minimum atomic E-state index is -0.847. The van der Waals surface area contributed by atoms with E-state index in [0.717, 1.165) is 11.1 Å². The first-order valence-electron chi connectivity index (χ1n) is 5.49. The zero-order valence-electron chi connectivity index (χ0n) is 9.37. The van der Waals surface area contributed by atoms with Gasteiger partial charge in [0.25, 0.3) is 0 Å². The Hall–Kier alpha value is -1.43. The van der Waals surface area contributed by atoms with Crippen molar-refractivity contribution >= 4 is 5.97 Å². The van der Waals surface area contributed by atoms with Gasteiger partial charge < -0.3 is 10.2 Å². The molecule has 1 saturated heterocycles. The monoisotopic (exact) mass is 237 g/mol. The zero-order valence-corrected chi connectivity index (χ0v) is 9.37. The Morgan fingerprint density at radius 1 is 1.41 bits per heavy atom. The van der Waals surface area contributed by atoms with E-state index in [9.17, 15) is 9.90 Å². The Bertz CT molecular complexity index is 407. The van der Waals surface area contributed by atoms with Crippen LogP contribution in [0.25, 0.3) is 0 Å². The number of nitrogens with zero attached hydrogens (tertiary/aromatic N) is 1. The zero-order chi connectivity index (χ0) is 12.3. The van der Waals surface area contributed by atoms with Crippen molar-refractivity contribution in [3.8, 4) is 0 Å². The highest BCUT2D eigenvalue weighted by molar-refractivity contribution is 5.70. The number of rotatable bonds is 4. The van der Waals surface area contributed by atoms with Crippen LogP contribution in [-0.4, -0.2) is 40.5 Å². The second-order valence-electron chi connectivity index (χ2n) is 4.11. The van der Waals surface area contributed by atoms with Gasteiger partial charge in [-0.25, -0.2) is 0 Å². The molecule has 1 aromatic carbocycles. The molecule has 1 aliphatic heterocycles. The number of hydroxylamine groups is 2. The van der Waals surface area contributed by atoms with Crippen LogP contribution in [0.2, 0.25) is 0 Å². The quantitative estimate of drug-likeness (QED) is 0.794. The predicted molar refractivity (Wildman–Crippen MR) is 60.2 cm³/mol. The Kier molecular flexibility index (Phi) is 3.73. The van der Waals surface area contributed by atoms with Crippen molar-refractivity contribution in [3.05, 3.63) is 35.4 Å². The Balaban J connectivity index is 2.06. The Morgan fingerprint density at radius 3 is 2.71 bits per heavy atom. The topological polar surface area (TPSA) is 70.0 Å². The maximum Gasteiger partial charge on any atom is 0.307 e. The molecule has 1 atom stereocenters. The highest BCUT2D eigenvalue weighted by Crippen LogP contribution is 2.15. The van der Waals surface area contributed by atoms with Gasteiger partial charge in [0.1, 0.15) is 0 Å². The second-order valence-corrected chi connectivity index (χ2v) is 4.11. The van der Waals surface area contributed by atoms with Crippen LogP contribution in [-0.2, 0) is 22.6 Å². The molecule has 0 aromatic heterocycles. The van der Waals surface area contributed by atoms with Crippen LogP contribution in [0.3, 0.4) is 0 Å². The minimum Gasteiger partial charge on any atom is -0.481 e. The highest BCUT2D eigenvalue weighted by atomic mass is 16.7. The summed E-state index contributed by atoms with van der Waals surface area (Å²) >= 11 is 0. The lowest BCUT2D eigenvalue weighted by atomic mass is 10.0. The minimum absolute atomic E-state index is 0.00651. The number of carboxylic acids is 1. The summed E-state index contributed by atoms with van der Waals surface area (Å²) in [5, 5.41) is 19.8. The molecule has 0 unspecified atom stereocenters. The van der Waals surface area contributed by atoms with Gasteiger partial charge in [-0.15, -0.1) is 0 Å². The molecule has 0 amide bonds. The van der Waals surface area contributed by atoms with E-state index in [4.69, 9.17) is 9.94 Å². The van der Waals surface area contributed by atoms with Gasteiger partial charge in [0.2, 0.25) is 0 Å². The second kappa shape index (κ2) is 5.27. The van der Waals surface area contributed by atoms with Gasteiger partial charge >= 0.3 is 5.97 Å². The lowest BCUT2D eigenvalue weighted by Gasteiger charge is -2.15. The molecule has 0 aliphatic carbocycles. The van der Waals surface area contributed by atoms with Gasteiger partial charge in [-0.2, -0.15) is 5.06 Å². The van der Waals surface area contributed by atoms with Crippen LogP contribution >= 0.6 is 0 Å². The van der Waals surface area contributed by atoms with Crippen molar-refractivity contribution in [2.75, 3.05) is 13.2 Å². The first kappa shape index (κ1) is 12.0. The van der Waals surface area contributed by atoms with Crippen LogP contribution in [0.5, 0.6) is 0 Å². The van der Waals surface area contributed by atoms with Gasteiger partial charge in [0.05, 0.1) is 25.7 Å². The summed E-state index contributed by atoms with van der Waals surface area (Å²) in [6, 6.07) is 7.37. The lowest BCUT2D eigenvalue weighted by molar-refractivity contribution is -0.136. The Labute approximate surface area is 99.2 Å². The van der Waals surface area contributed by atoms with Gasteiger partial charge in [-0.1, -0.05) is 24.3 Å². The smallest absolute Gasteiger partial charge is 0.307 e. The van der Waals surface area contributed by atoms with E-state index < -0.39 is 12.1 Å². The van der Waals surface area contributed by atoms with E-state index in [0.29, 0.717) is 19.7 Å². The van der Waals surface area contributed by atoms with Crippen LogP contribution in [0.1, 0.15) is 11.1 Å². The highest BCUT2D eigenvalue weighted by Gasteiger charge is 2.22. The molecule has 1 fully saturated rings. The Morgan fingerprint density at radius 2 is 2.12 bits per heavy atom. The van der Waals surface area contributed by atoms with E-state index in [2.05, 4.69) is 0 Å². The number of aliphatic carboxylic acids is 1. The van der Waals surface area contributed by atoms with E-state index in [1.54, 1.807) is 11.1 Å². The normalized spacial score (nSPS) is 20.6. The fourth-order valence-corrected chi connectivity index (χ4v) is 1.88. The fraction of sp³-hybridized carbons (Fsp3) is 0.417. The van der Waals surface area contributed by atoms with Crippen molar-refractivity contribution < 1.29 is 19.8 Å². The van der Waals surface area contributed by atoms with Crippen molar-refractivity contribution in [2.45, 2.75) is 19.1 Å². The third-order valence-electron chi connectivity index (χ3n) is 2.67. The van der Waals surface area contributed by atoms with Crippen LogP contribution < -0.4 is 0 Å². The summed E-state index contributed by atoms with van der Waals surface area (Å²) in [5.74, 6) is -0.847. The van der Waals surface area contributed by atoms with Crippen LogP contribution in [0, 0.1) is 0 Å². The summed E-state index contributed by atoms with van der Waals surface area (Å²) < 4.78 is 0. The molecule has 2 rings (SSSR count). The number of aliphatic hydroxyl groups excluding tert-OH is 1. The van der Waals surface area contributed by atoms with Crippen LogP contribution in [0.15, 0.2) is 24.3 Å². The maximum absolute atomic E-state index is 10.7. The summed E-state index contributed by atoms with van der Waals surface area (Å²) in [6.45, 7) is 1.27. The molecule has 0 bridgehead atoms. The molecular weight excluding hydrogens is 222 g/mol. The van der Waals surface area contributed by atoms with Gasteiger partial charge in [0, 0.05) is 6.54 Å². The van der Waals surface area contributed by atoms with Gasteiger partial charge in [-0.05, 0) is 11.1 Å². The molecule has 2 N–H and O–H groups in total. The standard InChI is InChI=1S/C12H15NO4/c14-11-7-13(17-8-11)6-10-4-2-1-3-9(10)5-12(15)16/h1-4,11,14H,5-8H2,(H,15,16)/t11-/m0/s1. The summed E-state index contributed by atoms with van der Waals surface area (Å²) in [6.07, 6.45) is -0.450. The van der Waals surface area contributed by atoms with Crippen LogP contribution in [0.4, 0.5) is 0 Å². The lowest BCUT2D eigenvalue weighted by Crippen LogP contribution is -2.21. The van der Waals surface area contributed by atoms with E-state index in [1.807, 2.05) is 18.2 Å². The third kappa shape index (κ3) is 3.26. The molecule has 5 nitrogen and oxygen atoms in total. The number of hydrogen-bond donors (Lipinski definition) is 2. The van der Waals surface area contributed by atoms with E-state index in [1.165, 1.54) is 0 Å². The molecule has 0 radical (unpaired) electrons. The molecule has 0 saturated carbocycles. The number of aliphatic hydroxyl groups is 1. The number of carboxylic acid groups (broad SMARTS) is 1. The first-order chi connectivity index (χ1) is 8.15. The third-order valence-corrected chi connectivity index (χ3v) is 2.67. The number of hydrogen-bond acceptors (Lipinski definition) is 4. The van der Waals surface area contributed by atoms with Crippen molar-refractivity contribution in [2.24, 2.45) is 0 Å². The summed E-state index contributed by atoms with van der Waals surface area (Å²) in [4.78, 5) is 16.0. The van der Waals surface area contributed by atoms with E-state index >= 15 is 0 Å². The number of β-amino-alcohol motifs (C(OH)–C–C–N with tert-alkyl or cyclic N) is 1. The molecule has 1 aromatic rings. The van der Waals surface area contributed by atoms with Gasteiger partial charge in [0.15, 0.2) is 0 Å².